The summed E-state index contributed by atoms with van der Waals surface area (Å²) in [6.45, 7) is 1.84. The standard InChI is InChI=1S/C26H20N4O3S/c1-17(19-8-6-18(15-27)7-9-19)29-26(32)30(34)22-10-12-23(13-11-22)33-25(31)24-14-20-4-2-3-5-21(20)16-28-24/h2-14,16-17,34H,1H3,(H,29,32). The van der Waals surface area contributed by atoms with Gasteiger partial charge in [-0.2, -0.15) is 5.26 Å². The molecule has 168 valence electrons. The number of thiol groups is 1. The molecule has 0 spiro atoms. The number of carbonyl (C=O) groups excluding carboxylic acids is 2. The highest BCUT2D eigenvalue weighted by molar-refractivity contribution is 7.82. The highest BCUT2D eigenvalue weighted by Crippen LogP contribution is 2.23. The molecule has 0 bridgehead atoms. The first-order valence-corrected chi connectivity index (χ1v) is 10.8. The number of rotatable bonds is 5. The first kappa shape index (κ1) is 22.8. The van der Waals surface area contributed by atoms with E-state index < -0.39 is 12.0 Å². The van der Waals surface area contributed by atoms with E-state index in [4.69, 9.17) is 10.00 Å². The van der Waals surface area contributed by atoms with Crippen molar-refractivity contribution in [3.05, 3.63) is 102 Å². The van der Waals surface area contributed by atoms with E-state index in [1.54, 1.807) is 60.8 Å². The van der Waals surface area contributed by atoms with Crippen LogP contribution in [0.2, 0.25) is 0 Å². The molecule has 1 aromatic heterocycles. The van der Waals surface area contributed by atoms with Crippen LogP contribution in [0.4, 0.5) is 10.5 Å². The molecule has 0 aliphatic heterocycles. The number of urea groups is 1. The third kappa shape index (κ3) is 5.17. The second-order valence-electron chi connectivity index (χ2n) is 7.52. The highest BCUT2D eigenvalue weighted by atomic mass is 32.1. The van der Waals surface area contributed by atoms with Gasteiger partial charge in [0.05, 0.1) is 23.4 Å². The maximum atomic E-state index is 12.6. The molecule has 1 N–H and O–H groups in total. The number of nitriles is 1. The smallest absolute Gasteiger partial charge is 0.362 e. The molecule has 4 aromatic rings. The third-order valence-corrected chi connectivity index (χ3v) is 5.62. The molecule has 7 nitrogen and oxygen atoms in total. The minimum atomic E-state index is -0.574. The van der Waals surface area contributed by atoms with Crippen LogP contribution in [-0.2, 0) is 0 Å². The fourth-order valence-electron chi connectivity index (χ4n) is 3.30. The summed E-state index contributed by atoms with van der Waals surface area (Å²) >= 11 is 4.29. The molecule has 1 heterocycles. The first-order valence-electron chi connectivity index (χ1n) is 10.4. The number of nitrogens with one attached hydrogen (secondary N) is 1. The van der Waals surface area contributed by atoms with Crippen molar-refractivity contribution in [1.29, 1.82) is 5.26 Å². The number of ether oxygens (including phenoxy) is 1. The van der Waals surface area contributed by atoms with Crippen LogP contribution in [0.25, 0.3) is 10.8 Å². The van der Waals surface area contributed by atoms with Crippen LogP contribution in [0.3, 0.4) is 0 Å². The lowest BCUT2D eigenvalue weighted by molar-refractivity contribution is 0.0729. The lowest BCUT2D eigenvalue weighted by Gasteiger charge is -2.20. The van der Waals surface area contributed by atoms with E-state index in [0.29, 0.717) is 17.0 Å². The SMILES string of the molecule is CC(NC(=O)N(S)c1ccc(OC(=O)c2cc3ccccc3cn2)cc1)c1ccc(C#N)cc1. The molecule has 34 heavy (non-hydrogen) atoms. The van der Waals surface area contributed by atoms with E-state index >= 15 is 0 Å². The quantitative estimate of drug-likeness (QED) is 0.231. The zero-order valence-corrected chi connectivity index (χ0v) is 19.1. The Morgan fingerprint density at radius 1 is 1.03 bits per heavy atom. The number of hydrogen-bond donors (Lipinski definition) is 2. The summed E-state index contributed by atoms with van der Waals surface area (Å²) in [5, 5.41) is 13.6. The van der Waals surface area contributed by atoms with Crippen LogP contribution in [0.1, 0.15) is 34.6 Å². The van der Waals surface area contributed by atoms with Crippen LogP contribution in [0, 0.1) is 11.3 Å². The molecule has 4 rings (SSSR count). The number of aromatic nitrogens is 1. The fraction of sp³-hybridized carbons (Fsp3) is 0.0769. The molecule has 3 aromatic carbocycles. The summed E-state index contributed by atoms with van der Waals surface area (Å²) in [4.78, 5) is 29.3. The van der Waals surface area contributed by atoms with Gasteiger partial charge < -0.3 is 10.1 Å². The number of anilines is 1. The topological polar surface area (TPSA) is 95.3 Å². The summed E-state index contributed by atoms with van der Waals surface area (Å²) in [6.07, 6.45) is 1.63. The molecule has 0 saturated carbocycles. The van der Waals surface area contributed by atoms with Crippen LogP contribution in [-0.4, -0.2) is 17.0 Å². The van der Waals surface area contributed by atoms with Gasteiger partial charge >= 0.3 is 12.0 Å². The fourth-order valence-corrected chi connectivity index (χ4v) is 3.49. The van der Waals surface area contributed by atoms with Crippen molar-refractivity contribution in [3.63, 3.8) is 0 Å². The van der Waals surface area contributed by atoms with E-state index in [1.807, 2.05) is 31.2 Å². The van der Waals surface area contributed by atoms with Gasteiger partial charge in [-0.1, -0.05) is 49.2 Å². The van der Waals surface area contributed by atoms with Crippen molar-refractivity contribution >= 4 is 41.3 Å². The summed E-state index contributed by atoms with van der Waals surface area (Å²) in [6, 6.07) is 24.0. The Kier molecular flexibility index (Phi) is 6.76. The molecule has 1 unspecified atom stereocenters. The van der Waals surface area contributed by atoms with Gasteiger partial charge in [-0.05, 0) is 60.3 Å². The second kappa shape index (κ2) is 10.1. The van der Waals surface area contributed by atoms with E-state index in [0.717, 1.165) is 20.6 Å². The van der Waals surface area contributed by atoms with Gasteiger partial charge in [-0.25, -0.2) is 18.9 Å². The monoisotopic (exact) mass is 468 g/mol. The predicted molar refractivity (Wildman–Crippen MR) is 133 cm³/mol. The molecular weight excluding hydrogens is 448 g/mol. The average Bonchev–Trinajstić information content (AvgIpc) is 2.88. The van der Waals surface area contributed by atoms with E-state index in [1.165, 1.54) is 0 Å². The Bertz CT molecular complexity index is 1380. The van der Waals surface area contributed by atoms with E-state index in [9.17, 15) is 9.59 Å². The molecule has 8 heteroatoms. The van der Waals surface area contributed by atoms with Crippen molar-refractivity contribution in [2.24, 2.45) is 0 Å². The second-order valence-corrected chi connectivity index (χ2v) is 7.92. The summed E-state index contributed by atoms with van der Waals surface area (Å²) in [5.41, 5.74) is 2.11. The molecule has 0 saturated heterocycles. The van der Waals surface area contributed by atoms with Crippen LogP contribution >= 0.6 is 12.8 Å². The van der Waals surface area contributed by atoms with Gasteiger partial charge in [0.2, 0.25) is 0 Å². The van der Waals surface area contributed by atoms with Crippen LogP contribution < -0.4 is 14.4 Å². The van der Waals surface area contributed by atoms with Crippen molar-refractivity contribution in [3.8, 4) is 11.8 Å². The normalized spacial score (nSPS) is 11.3. The van der Waals surface area contributed by atoms with Crippen LogP contribution in [0.15, 0.2) is 85.1 Å². The van der Waals surface area contributed by atoms with Gasteiger partial charge in [0.25, 0.3) is 0 Å². The lowest BCUT2D eigenvalue weighted by atomic mass is 10.1. The Morgan fingerprint density at radius 3 is 2.38 bits per heavy atom. The molecule has 0 radical (unpaired) electrons. The van der Waals surface area contributed by atoms with E-state index in [-0.39, 0.29) is 11.7 Å². The number of benzene rings is 3. The van der Waals surface area contributed by atoms with Gasteiger partial charge in [0.1, 0.15) is 11.4 Å². The summed E-state index contributed by atoms with van der Waals surface area (Å²) in [7, 11) is 0. The minimum Gasteiger partial charge on any atom is -0.422 e. The highest BCUT2D eigenvalue weighted by Gasteiger charge is 2.17. The lowest BCUT2D eigenvalue weighted by Crippen LogP contribution is -2.35. The molecular formula is C26H20N4O3S. The predicted octanol–water partition coefficient (Wildman–Crippen LogP) is 5.45. The van der Waals surface area contributed by atoms with Gasteiger partial charge in [-0.3, -0.25) is 0 Å². The number of nitrogens with zero attached hydrogens (tertiary/aromatic N) is 3. The van der Waals surface area contributed by atoms with Crippen molar-refractivity contribution < 1.29 is 14.3 Å². The Balaban J connectivity index is 1.38. The molecule has 2 amide bonds. The molecule has 1 atom stereocenters. The Hall–Kier alpha value is -4.35. The Morgan fingerprint density at radius 2 is 1.71 bits per heavy atom. The van der Waals surface area contributed by atoms with Gasteiger partial charge in [0, 0.05) is 11.6 Å². The number of hydrogen-bond acceptors (Lipinski definition) is 6. The maximum Gasteiger partial charge on any atom is 0.362 e. The summed E-state index contributed by atoms with van der Waals surface area (Å²) in [5.74, 6) is -0.257. The average molecular weight is 469 g/mol. The summed E-state index contributed by atoms with van der Waals surface area (Å²) < 4.78 is 6.58. The van der Waals surface area contributed by atoms with Crippen LogP contribution in [0.5, 0.6) is 5.75 Å². The van der Waals surface area contributed by atoms with Crippen molar-refractivity contribution in [2.75, 3.05) is 4.31 Å². The van der Waals surface area contributed by atoms with Crippen molar-refractivity contribution in [1.82, 2.24) is 10.3 Å². The number of fused-ring (bicyclic) bond motifs is 1. The zero-order chi connectivity index (χ0) is 24.1. The molecule has 0 aliphatic rings. The zero-order valence-electron chi connectivity index (χ0n) is 18.2. The van der Waals surface area contributed by atoms with Crippen molar-refractivity contribution in [2.45, 2.75) is 13.0 Å². The van der Waals surface area contributed by atoms with Gasteiger partial charge in [0.15, 0.2) is 0 Å². The Labute approximate surface area is 202 Å². The molecule has 0 aliphatic carbocycles. The number of pyridine rings is 1. The number of esters is 1. The van der Waals surface area contributed by atoms with E-state index in [2.05, 4.69) is 29.2 Å². The molecule has 0 fully saturated rings. The number of carbonyl (C=O) groups is 2. The van der Waals surface area contributed by atoms with Gasteiger partial charge in [-0.15, -0.1) is 0 Å². The maximum absolute atomic E-state index is 12.6. The number of amides is 2. The largest absolute Gasteiger partial charge is 0.422 e. The third-order valence-electron chi connectivity index (χ3n) is 5.20. The first-order chi connectivity index (χ1) is 16.4. The minimum absolute atomic E-state index is 0.203.